The molecule has 0 spiro atoms. The Balaban J connectivity index is 1.53. The first kappa shape index (κ1) is 13.8. The summed E-state index contributed by atoms with van der Waals surface area (Å²) in [5.41, 5.74) is 1.45. The van der Waals surface area contributed by atoms with Crippen molar-refractivity contribution < 1.29 is 0 Å². The second kappa shape index (κ2) is 6.08. The third-order valence-electron chi connectivity index (χ3n) is 4.27. The zero-order valence-corrected chi connectivity index (χ0v) is 13.0. The van der Waals surface area contributed by atoms with Gasteiger partial charge < -0.3 is 4.57 Å². The molecule has 1 fully saturated rings. The van der Waals surface area contributed by atoms with Gasteiger partial charge in [0, 0.05) is 51.7 Å². The van der Waals surface area contributed by atoms with Crippen LogP contribution in [0.5, 0.6) is 0 Å². The fraction of sp³-hybridized carbons (Fsp3) is 0.533. The topological polar surface area (TPSA) is 24.3 Å². The second-order valence-corrected chi connectivity index (χ2v) is 6.28. The van der Waals surface area contributed by atoms with Gasteiger partial charge in [-0.1, -0.05) is 0 Å². The summed E-state index contributed by atoms with van der Waals surface area (Å²) in [6, 6.07) is 2.78. The molecule has 0 N–H and O–H groups in total. The maximum atomic E-state index is 4.41. The Morgan fingerprint density at radius 1 is 1.30 bits per heavy atom. The Bertz CT molecular complexity index is 526. The molecule has 20 heavy (non-hydrogen) atoms. The van der Waals surface area contributed by atoms with E-state index in [-0.39, 0.29) is 0 Å². The Morgan fingerprint density at radius 2 is 2.10 bits per heavy atom. The Kier molecular flexibility index (Phi) is 4.19. The maximum absolute atomic E-state index is 4.41. The van der Waals surface area contributed by atoms with Crippen molar-refractivity contribution in [3.63, 3.8) is 0 Å². The van der Waals surface area contributed by atoms with Crippen molar-refractivity contribution in [2.24, 2.45) is 7.05 Å². The summed E-state index contributed by atoms with van der Waals surface area (Å²) in [5.74, 6) is 1.16. The molecule has 0 saturated carbocycles. The Hall–Kier alpha value is -1.17. The average Bonchev–Trinajstić information content (AvgIpc) is 3.12. The molecule has 5 heteroatoms. The quantitative estimate of drug-likeness (QED) is 0.864. The van der Waals surface area contributed by atoms with Gasteiger partial charge in [0.1, 0.15) is 5.82 Å². The van der Waals surface area contributed by atoms with Gasteiger partial charge in [0.2, 0.25) is 0 Å². The molecule has 1 aliphatic heterocycles. The first-order valence-electron chi connectivity index (χ1n) is 7.19. The van der Waals surface area contributed by atoms with E-state index in [0.717, 1.165) is 38.5 Å². The minimum atomic E-state index is 0.538. The molecular formula is C15H22N4S. The van der Waals surface area contributed by atoms with Gasteiger partial charge in [-0.2, -0.15) is 11.3 Å². The minimum Gasteiger partial charge on any atom is -0.337 e. The van der Waals surface area contributed by atoms with Crippen LogP contribution in [-0.4, -0.2) is 45.5 Å². The molecule has 1 atom stereocenters. The fourth-order valence-corrected chi connectivity index (χ4v) is 3.53. The average molecular weight is 290 g/mol. The Labute approximate surface area is 124 Å². The summed E-state index contributed by atoms with van der Waals surface area (Å²) in [6.07, 6.45) is 3.90. The lowest BCUT2D eigenvalue weighted by Crippen LogP contribution is -2.46. The summed E-state index contributed by atoms with van der Waals surface area (Å²) in [5, 5.41) is 4.44. The van der Waals surface area contributed by atoms with Crippen LogP contribution in [-0.2, 0) is 13.6 Å². The van der Waals surface area contributed by atoms with Crippen molar-refractivity contribution in [1.29, 1.82) is 0 Å². The second-order valence-electron chi connectivity index (χ2n) is 5.50. The first-order chi connectivity index (χ1) is 9.74. The molecule has 0 bridgehead atoms. The standard InChI is InChI=1S/C15H22N4S/c1-13(14-3-10-20-12-14)19-8-6-18(7-9-19)11-15-16-4-5-17(15)2/h3-5,10,12-13H,6-9,11H2,1-2H3/t13-/m1/s1. The van der Waals surface area contributed by atoms with Crippen LogP contribution >= 0.6 is 11.3 Å². The molecule has 3 heterocycles. The molecule has 0 aromatic carbocycles. The third kappa shape index (κ3) is 2.95. The molecule has 1 aliphatic rings. The first-order valence-corrected chi connectivity index (χ1v) is 8.13. The lowest BCUT2D eigenvalue weighted by atomic mass is 10.1. The van der Waals surface area contributed by atoms with Crippen LogP contribution in [0.4, 0.5) is 0 Å². The lowest BCUT2D eigenvalue weighted by Gasteiger charge is -2.37. The SMILES string of the molecule is C[C@H](c1ccsc1)N1CCN(Cc2nccn2C)CC1. The number of aromatic nitrogens is 2. The van der Waals surface area contributed by atoms with Gasteiger partial charge in [-0.3, -0.25) is 9.80 Å². The number of hydrogen-bond donors (Lipinski definition) is 0. The number of imidazole rings is 1. The summed E-state index contributed by atoms with van der Waals surface area (Å²) >= 11 is 1.79. The number of thiophene rings is 1. The minimum absolute atomic E-state index is 0.538. The van der Waals surface area contributed by atoms with E-state index in [4.69, 9.17) is 0 Å². The molecule has 1 saturated heterocycles. The highest BCUT2D eigenvalue weighted by Gasteiger charge is 2.22. The van der Waals surface area contributed by atoms with E-state index in [1.165, 1.54) is 5.56 Å². The molecule has 108 valence electrons. The lowest BCUT2D eigenvalue weighted by molar-refractivity contribution is 0.0958. The normalized spacial score (nSPS) is 19.3. The predicted molar refractivity (Wildman–Crippen MR) is 82.8 cm³/mol. The van der Waals surface area contributed by atoms with Gasteiger partial charge in [0.05, 0.1) is 6.54 Å². The molecule has 0 amide bonds. The van der Waals surface area contributed by atoms with Gasteiger partial charge >= 0.3 is 0 Å². The van der Waals surface area contributed by atoms with E-state index >= 15 is 0 Å². The highest BCUT2D eigenvalue weighted by Crippen LogP contribution is 2.23. The van der Waals surface area contributed by atoms with Crippen molar-refractivity contribution >= 4 is 11.3 Å². The van der Waals surface area contributed by atoms with Gasteiger partial charge in [-0.25, -0.2) is 4.98 Å². The van der Waals surface area contributed by atoms with Gasteiger partial charge in [-0.15, -0.1) is 0 Å². The van der Waals surface area contributed by atoms with E-state index in [1.54, 1.807) is 11.3 Å². The molecule has 0 radical (unpaired) electrons. The van der Waals surface area contributed by atoms with Crippen LogP contribution in [0, 0.1) is 0 Å². The largest absolute Gasteiger partial charge is 0.337 e. The fourth-order valence-electron chi connectivity index (χ4n) is 2.78. The predicted octanol–water partition coefficient (Wildman–Crippen LogP) is 2.36. The molecular weight excluding hydrogens is 268 g/mol. The third-order valence-corrected chi connectivity index (χ3v) is 4.97. The monoisotopic (exact) mass is 290 g/mol. The molecule has 0 aliphatic carbocycles. The molecule has 4 nitrogen and oxygen atoms in total. The van der Waals surface area contributed by atoms with Crippen LogP contribution in [0.2, 0.25) is 0 Å². The number of rotatable bonds is 4. The summed E-state index contributed by atoms with van der Waals surface area (Å²) < 4.78 is 2.11. The van der Waals surface area contributed by atoms with Crippen molar-refractivity contribution in [2.45, 2.75) is 19.5 Å². The van der Waals surface area contributed by atoms with Crippen molar-refractivity contribution in [1.82, 2.24) is 19.4 Å². The summed E-state index contributed by atoms with van der Waals surface area (Å²) in [4.78, 5) is 9.49. The van der Waals surface area contributed by atoms with E-state index < -0.39 is 0 Å². The molecule has 3 rings (SSSR count). The van der Waals surface area contributed by atoms with Gasteiger partial charge in [-0.05, 0) is 29.3 Å². The highest BCUT2D eigenvalue weighted by molar-refractivity contribution is 7.07. The zero-order chi connectivity index (χ0) is 13.9. The molecule has 2 aromatic rings. The number of hydrogen-bond acceptors (Lipinski definition) is 4. The zero-order valence-electron chi connectivity index (χ0n) is 12.2. The Morgan fingerprint density at radius 3 is 2.70 bits per heavy atom. The smallest absolute Gasteiger partial charge is 0.122 e. The van der Waals surface area contributed by atoms with Gasteiger partial charge in [0.25, 0.3) is 0 Å². The van der Waals surface area contributed by atoms with Crippen LogP contribution in [0.25, 0.3) is 0 Å². The highest BCUT2D eigenvalue weighted by atomic mass is 32.1. The number of piperazine rings is 1. The maximum Gasteiger partial charge on any atom is 0.122 e. The van der Waals surface area contributed by atoms with Crippen LogP contribution in [0.3, 0.4) is 0 Å². The molecule has 0 unspecified atom stereocenters. The van der Waals surface area contributed by atoms with E-state index in [1.807, 2.05) is 12.4 Å². The van der Waals surface area contributed by atoms with E-state index in [9.17, 15) is 0 Å². The number of nitrogens with zero attached hydrogens (tertiary/aromatic N) is 4. The van der Waals surface area contributed by atoms with E-state index in [2.05, 4.69) is 50.1 Å². The summed E-state index contributed by atoms with van der Waals surface area (Å²) in [6.45, 7) is 7.81. The van der Waals surface area contributed by atoms with Crippen LogP contribution < -0.4 is 0 Å². The molecule has 2 aromatic heterocycles. The van der Waals surface area contributed by atoms with Crippen LogP contribution in [0.15, 0.2) is 29.2 Å². The van der Waals surface area contributed by atoms with Crippen molar-refractivity contribution in [3.05, 3.63) is 40.6 Å². The van der Waals surface area contributed by atoms with Gasteiger partial charge in [0.15, 0.2) is 0 Å². The van der Waals surface area contributed by atoms with Crippen LogP contribution in [0.1, 0.15) is 24.4 Å². The van der Waals surface area contributed by atoms with Crippen molar-refractivity contribution in [3.8, 4) is 0 Å². The van der Waals surface area contributed by atoms with Crippen molar-refractivity contribution in [2.75, 3.05) is 26.2 Å². The van der Waals surface area contributed by atoms with E-state index in [0.29, 0.717) is 6.04 Å². The summed E-state index contributed by atoms with van der Waals surface area (Å²) in [7, 11) is 2.07. The number of aryl methyl sites for hydroxylation is 1.